The van der Waals surface area contributed by atoms with E-state index in [4.69, 9.17) is 4.74 Å². The van der Waals surface area contributed by atoms with Crippen LogP contribution in [0.1, 0.15) is 15.2 Å². The molecule has 0 unspecified atom stereocenters. The molecule has 0 atom stereocenters. The van der Waals surface area contributed by atoms with Crippen LogP contribution in [0.5, 0.6) is 5.75 Å². The van der Waals surface area contributed by atoms with Gasteiger partial charge in [-0.25, -0.2) is 0 Å². The Balaban J connectivity index is 2.47. The number of ether oxygens (including phenoxy) is 1. The second kappa shape index (κ2) is 5.49. The number of rotatable bonds is 3. The van der Waals surface area contributed by atoms with E-state index >= 15 is 0 Å². The van der Waals surface area contributed by atoms with E-state index < -0.39 is 0 Å². The van der Waals surface area contributed by atoms with Gasteiger partial charge in [-0.05, 0) is 52.2 Å². The van der Waals surface area contributed by atoms with Crippen LogP contribution >= 0.6 is 49.9 Å². The second-order valence-corrected chi connectivity index (χ2v) is 6.29. The molecule has 1 aromatic heterocycles. The van der Waals surface area contributed by atoms with E-state index in [0.29, 0.717) is 16.2 Å². The number of halogens is 2. The molecule has 0 saturated carbocycles. The zero-order valence-corrected chi connectivity index (χ0v) is 13.4. The van der Waals surface area contributed by atoms with Crippen LogP contribution in [-0.2, 0) is 0 Å². The minimum Gasteiger partial charge on any atom is -0.495 e. The smallest absolute Gasteiger partial charge is 0.207 e. The van der Waals surface area contributed by atoms with Crippen molar-refractivity contribution in [3.05, 3.63) is 48.1 Å². The number of benzene rings is 1. The van der Waals surface area contributed by atoms with Gasteiger partial charge in [-0.1, -0.05) is 15.9 Å². The molecular weight excluding hydrogens is 415 g/mol. The van der Waals surface area contributed by atoms with Gasteiger partial charge in [0.2, 0.25) is 5.78 Å². The lowest BCUT2D eigenvalue weighted by molar-refractivity contribution is 0.103. The summed E-state index contributed by atoms with van der Waals surface area (Å²) >= 11 is 6.99. The molecular formula is C12H8BrIO2S. The van der Waals surface area contributed by atoms with E-state index in [1.54, 1.807) is 13.2 Å². The van der Waals surface area contributed by atoms with E-state index in [-0.39, 0.29) is 5.78 Å². The molecule has 1 aromatic carbocycles. The van der Waals surface area contributed by atoms with Crippen molar-refractivity contribution in [1.29, 1.82) is 0 Å². The lowest BCUT2D eigenvalue weighted by atomic mass is 10.1. The lowest BCUT2D eigenvalue weighted by Gasteiger charge is -2.05. The molecule has 0 N–H and O–H groups in total. The van der Waals surface area contributed by atoms with Gasteiger partial charge in [-0.2, -0.15) is 0 Å². The number of carbonyl (C=O) groups excluding carboxylic acids is 1. The molecule has 2 rings (SSSR count). The third-order valence-electron chi connectivity index (χ3n) is 2.23. The number of methoxy groups -OCH3 is 1. The van der Waals surface area contributed by atoms with E-state index in [2.05, 4.69) is 38.5 Å². The van der Waals surface area contributed by atoms with Crippen molar-refractivity contribution in [3.8, 4) is 5.75 Å². The van der Waals surface area contributed by atoms with Crippen molar-refractivity contribution in [2.75, 3.05) is 7.11 Å². The van der Waals surface area contributed by atoms with Crippen LogP contribution in [0.4, 0.5) is 0 Å². The predicted octanol–water partition coefficient (Wildman–Crippen LogP) is 4.35. The van der Waals surface area contributed by atoms with Gasteiger partial charge in [0.25, 0.3) is 0 Å². The van der Waals surface area contributed by atoms with Gasteiger partial charge >= 0.3 is 0 Å². The Hall–Kier alpha value is -0.400. The van der Waals surface area contributed by atoms with Crippen molar-refractivity contribution in [2.24, 2.45) is 0 Å². The van der Waals surface area contributed by atoms with E-state index in [0.717, 1.165) is 8.04 Å². The minimum absolute atomic E-state index is 0.0118. The third-order valence-corrected chi connectivity index (χ3v) is 4.49. The molecule has 0 radical (unpaired) electrons. The van der Waals surface area contributed by atoms with E-state index in [1.807, 2.05) is 23.6 Å². The first-order chi connectivity index (χ1) is 8.13. The molecule has 0 aliphatic rings. The maximum absolute atomic E-state index is 12.4. The highest BCUT2D eigenvalue weighted by atomic mass is 127. The topological polar surface area (TPSA) is 26.3 Å². The molecule has 17 heavy (non-hydrogen) atoms. The number of ketones is 1. The molecule has 0 bridgehead atoms. The fourth-order valence-corrected chi connectivity index (χ4v) is 3.15. The molecule has 88 valence electrons. The first-order valence-corrected chi connectivity index (χ1v) is 7.50. The first kappa shape index (κ1) is 13.0. The highest BCUT2D eigenvalue weighted by Crippen LogP contribution is 2.30. The maximum atomic E-state index is 12.4. The monoisotopic (exact) mass is 422 g/mol. The van der Waals surface area contributed by atoms with Crippen LogP contribution in [0.25, 0.3) is 0 Å². The molecule has 0 fully saturated rings. The first-order valence-electron chi connectivity index (χ1n) is 4.74. The minimum atomic E-state index is -0.0118. The third kappa shape index (κ3) is 2.71. The maximum Gasteiger partial charge on any atom is 0.207 e. The summed E-state index contributed by atoms with van der Waals surface area (Å²) in [5.74, 6) is 0.619. The average Bonchev–Trinajstić information content (AvgIpc) is 2.79. The number of carbonyl (C=O) groups is 1. The summed E-state index contributed by atoms with van der Waals surface area (Å²) in [7, 11) is 1.57. The van der Waals surface area contributed by atoms with Crippen molar-refractivity contribution < 1.29 is 9.53 Å². The average molecular weight is 423 g/mol. The Morgan fingerprint density at radius 1 is 1.41 bits per heavy atom. The van der Waals surface area contributed by atoms with Gasteiger partial charge < -0.3 is 4.74 Å². The Kier molecular flexibility index (Phi) is 4.22. The van der Waals surface area contributed by atoms with Crippen LogP contribution in [0.2, 0.25) is 0 Å². The molecule has 0 aliphatic carbocycles. The fraction of sp³-hybridized carbons (Fsp3) is 0.0833. The number of hydrogen-bond donors (Lipinski definition) is 0. The molecule has 0 aliphatic heterocycles. The Bertz CT molecular complexity index is 565. The van der Waals surface area contributed by atoms with Crippen LogP contribution < -0.4 is 4.74 Å². The lowest BCUT2D eigenvalue weighted by Crippen LogP contribution is -2.02. The predicted molar refractivity (Wildman–Crippen MR) is 81.2 cm³/mol. The fourth-order valence-electron chi connectivity index (χ4n) is 1.42. The summed E-state index contributed by atoms with van der Waals surface area (Å²) in [6.07, 6.45) is 0. The van der Waals surface area contributed by atoms with Gasteiger partial charge in [0, 0.05) is 13.6 Å². The Morgan fingerprint density at radius 2 is 2.18 bits per heavy atom. The largest absolute Gasteiger partial charge is 0.495 e. The number of hydrogen-bond acceptors (Lipinski definition) is 3. The van der Waals surface area contributed by atoms with Crippen LogP contribution in [0.3, 0.4) is 0 Å². The van der Waals surface area contributed by atoms with E-state index in [9.17, 15) is 4.79 Å². The second-order valence-electron chi connectivity index (χ2n) is 3.27. The molecule has 1 heterocycles. The Labute approximate surface area is 125 Å². The molecule has 0 spiro atoms. The summed E-state index contributed by atoms with van der Waals surface area (Å²) in [5, 5.41) is 1.86. The molecule has 0 saturated heterocycles. The molecule has 2 aromatic rings. The van der Waals surface area contributed by atoms with Gasteiger partial charge in [0.15, 0.2) is 0 Å². The zero-order valence-electron chi connectivity index (χ0n) is 8.87. The van der Waals surface area contributed by atoms with Crippen LogP contribution in [0.15, 0.2) is 34.1 Å². The van der Waals surface area contributed by atoms with Gasteiger partial charge in [0.05, 0.1) is 7.11 Å². The molecule has 5 heteroatoms. The SMILES string of the molecule is COc1ccsc1C(=O)c1cc(I)ccc1Br. The summed E-state index contributed by atoms with van der Waals surface area (Å²) in [6, 6.07) is 7.51. The standard InChI is InChI=1S/C12H8BrIO2S/c1-16-10-4-5-17-12(10)11(15)8-6-7(14)2-3-9(8)13/h2-6H,1H3. The van der Waals surface area contributed by atoms with Gasteiger partial charge in [-0.15, -0.1) is 11.3 Å². The van der Waals surface area contributed by atoms with Crippen molar-refractivity contribution in [2.45, 2.75) is 0 Å². The van der Waals surface area contributed by atoms with Crippen molar-refractivity contribution in [1.82, 2.24) is 0 Å². The quantitative estimate of drug-likeness (QED) is 0.542. The highest BCUT2D eigenvalue weighted by Gasteiger charge is 2.18. The highest BCUT2D eigenvalue weighted by molar-refractivity contribution is 14.1. The molecule has 2 nitrogen and oxygen atoms in total. The summed E-state index contributed by atoms with van der Waals surface area (Å²) in [6.45, 7) is 0. The Morgan fingerprint density at radius 3 is 2.88 bits per heavy atom. The van der Waals surface area contributed by atoms with Crippen molar-refractivity contribution in [3.63, 3.8) is 0 Å². The normalized spacial score (nSPS) is 10.3. The zero-order chi connectivity index (χ0) is 12.4. The summed E-state index contributed by atoms with van der Waals surface area (Å²) in [5.41, 5.74) is 0.664. The summed E-state index contributed by atoms with van der Waals surface area (Å²) < 4.78 is 7.01. The van der Waals surface area contributed by atoms with Gasteiger partial charge in [0.1, 0.15) is 10.6 Å². The molecule has 0 amide bonds. The van der Waals surface area contributed by atoms with E-state index in [1.165, 1.54) is 11.3 Å². The van der Waals surface area contributed by atoms with Crippen LogP contribution in [0, 0.1) is 3.57 Å². The number of thiophene rings is 1. The van der Waals surface area contributed by atoms with Crippen molar-refractivity contribution >= 4 is 55.6 Å². The van der Waals surface area contributed by atoms with Crippen LogP contribution in [-0.4, -0.2) is 12.9 Å². The van der Waals surface area contributed by atoms with Gasteiger partial charge in [-0.3, -0.25) is 4.79 Å². The summed E-state index contributed by atoms with van der Waals surface area (Å²) in [4.78, 5) is 13.0.